The molecule has 0 fully saturated rings. The lowest BCUT2D eigenvalue weighted by atomic mass is 10.1. The molecule has 1 aromatic carbocycles. The molecule has 0 aliphatic carbocycles. The number of alkyl halides is 1. The summed E-state index contributed by atoms with van der Waals surface area (Å²) < 4.78 is 6.20. The molecule has 0 aliphatic heterocycles. The third-order valence-corrected chi connectivity index (χ3v) is 3.35. The topological polar surface area (TPSA) is 38.9 Å². The molecule has 1 unspecified atom stereocenters. The molecular weight excluding hydrogens is 291 g/mol. The summed E-state index contributed by atoms with van der Waals surface area (Å²) in [6.07, 6.45) is 0. The second kappa shape index (κ2) is 4.55. The Hall–Kier alpha value is -0.870. The summed E-state index contributed by atoms with van der Waals surface area (Å²) in [6, 6.07) is 5.84. The summed E-state index contributed by atoms with van der Waals surface area (Å²) in [5.74, 6) is 1.01. The van der Waals surface area contributed by atoms with Gasteiger partial charge in [-0.05, 0) is 31.5 Å². The van der Waals surface area contributed by atoms with Gasteiger partial charge in [-0.25, -0.2) is 0 Å². The fourth-order valence-electron chi connectivity index (χ4n) is 1.34. The molecule has 0 radical (unpaired) electrons. The molecule has 0 N–H and O–H groups in total. The average molecular weight is 302 g/mol. The van der Waals surface area contributed by atoms with E-state index in [9.17, 15) is 0 Å². The first-order valence-corrected chi connectivity index (χ1v) is 6.05. The van der Waals surface area contributed by atoms with Crippen molar-refractivity contribution in [2.75, 3.05) is 0 Å². The van der Waals surface area contributed by atoms with E-state index < -0.39 is 0 Å². The molecule has 84 valence electrons. The fraction of sp³-hybridized carbons (Fsp3) is 0.273. The van der Waals surface area contributed by atoms with E-state index in [0.717, 1.165) is 15.6 Å². The Balaban J connectivity index is 2.47. The van der Waals surface area contributed by atoms with Crippen LogP contribution in [0.3, 0.4) is 0 Å². The molecule has 0 saturated heterocycles. The molecule has 3 nitrogen and oxygen atoms in total. The molecule has 1 heterocycles. The zero-order valence-electron chi connectivity index (χ0n) is 8.87. The molecule has 2 aromatic rings. The zero-order chi connectivity index (χ0) is 11.7. The zero-order valence-corrected chi connectivity index (χ0v) is 11.2. The number of nitrogens with zero attached hydrogens (tertiary/aromatic N) is 2. The third kappa shape index (κ3) is 2.13. The van der Waals surface area contributed by atoms with Crippen molar-refractivity contribution >= 4 is 27.5 Å². The van der Waals surface area contributed by atoms with E-state index in [1.807, 2.05) is 32.0 Å². The van der Waals surface area contributed by atoms with Gasteiger partial charge < -0.3 is 4.52 Å². The van der Waals surface area contributed by atoms with Gasteiger partial charge in [0, 0.05) is 10.0 Å². The SMILES string of the molecule is Cc1c(Br)cccc1-c1nc(C(C)Cl)no1. The Morgan fingerprint density at radius 2 is 2.19 bits per heavy atom. The van der Waals surface area contributed by atoms with E-state index >= 15 is 0 Å². The maximum atomic E-state index is 5.88. The molecule has 16 heavy (non-hydrogen) atoms. The molecule has 0 saturated carbocycles. The first-order valence-electron chi connectivity index (χ1n) is 4.82. The van der Waals surface area contributed by atoms with E-state index in [1.165, 1.54) is 0 Å². The second-order valence-electron chi connectivity index (χ2n) is 3.49. The first kappa shape index (κ1) is 11.6. The van der Waals surface area contributed by atoms with Crippen LogP contribution < -0.4 is 0 Å². The van der Waals surface area contributed by atoms with Crippen molar-refractivity contribution in [1.82, 2.24) is 10.1 Å². The highest BCUT2D eigenvalue weighted by Gasteiger charge is 2.14. The number of hydrogen-bond donors (Lipinski definition) is 0. The van der Waals surface area contributed by atoms with Crippen LogP contribution in [0.4, 0.5) is 0 Å². The van der Waals surface area contributed by atoms with Gasteiger partial charge in [-0.2, -0.15) is 4.98 Å². The Kier molecular flexibility index (Phi) is 3.30. The van der Waals surface area contributed by atoms with Crippen LogP contribution in [-0.2, 0) is 0 Å². The minimum Gasteiger partial charge on any atom is -0.334 e. The van der Waals surface area contributed by atoms with Crippen LogP contribution in [-0.4, -0.2) is 10.1 Å². The van der Waals surface area contributed by atoms with Gasteiger partial charge in [-0.3, -0.25) is 0 Å². The van der Waals surface area contributed by atoms with Gasteiger partial charge in [0.15, 0.2) is 5.82 Å². The smallest absolute Gasteiger partial charge is 0.258 e. The standard InChI is InChI=1S/C11H10BrClN2O/c1-6-8(4-3-5-9(6)12)11-14-10(7(2)13)15-16-11/h3-5,7H,1-2H3. The number of halogens is 2. The second-order valence-corrected chi connectivity index (χ2v) is 5.00. The highest BCUT2D eigenvalue weighted by molar-refractivity contribution is 9.10. The van der Waals surface area contributed by atoms with Crippen LogP contribution in [0, 0.1) is 6.92 Å². The third-order valence-electron chi connectivity index (χ3n) is 2.30. The normalized spacial score (nSPS) is 12.8. The number of benzene rings is 1. The Bertz CT molecular complexity index is 510. The molecule has 0 bridgehead atoms. The van der Waals surface area contributed by atoms with Crippen LogP contribution in [0.5, 0.6) is 0 Å². The van der Waals surface area contributed by atoms with Gasteiger partial charge in [0.1, 0.15) is 0 Å². The van der Waals surface area contributed by atoms with Gasteiger partial charge in [0.2, 0.25) is 0 Å². The van der Waals surface area contributed by atoms with E-state index in [1.54, 1.807) is 0 Å². The van der Waals surface area contributed by atoms with Crippen molar-refractivity contribution in [2.45, 2.75) is 19.2 Å². The Morgan fingerprint density at radius 3 is 2.81 bits per heavy atom. The molecule has 1 atom stereocenters. The maximum Gasteiger partial charge on any atom is 0.258 e. The fourth-order valence-corrected chi connectivity index (χ4v) is 1.80. The first-order chi connectivity index (χ1) is 7.59. The number of aromatic nitrogens is 2. The van der Waals surface area contributed by atoms with Gasteiger partial charge in [0.25, 0.3) is 5.89 Å². The van der Waals surface area contributed by atoms with Gasteiger partial charge in [0.05, 0.1) is 5.38 Å². The van der Waals surface area contributed by atoms with Crippen molar-refractivity contribution in [3.05, 3.63) is 34.1 Å². The van der Waals surface area contributed by atoms with Crippen LogP contribution in [0.1, 0.15) is 23.7 Å². The van der Waals surface area contributed by atoms with E-state index in [2.05, 4.69) is 26.1 Å². The summed E-state index contributed by atoms with van der Waals surface area (Å²) in [6.45, 7) is 3.80. The maximum absolute atomic E-state index is 5.88. The molecule has 2 rings (SSSR count). The van der Waals surface area contributed by atoms with Gasteiger partial charge in [-0.1, -0.05) is 27.2 Å². The van der Waals surface area contributed by atoms with Crippen molar-refractivity contribution in [3.63, 3.8) is 0 Å². The molecule has 0 aliphatic rings. The predicted molar refractivity (Wildman–Crippen MR) is 66.4 cm³/mol. The van der Waals surface area contributed by atoms with Crippen LogP contribution in [0.25, 0.3) is 11.5 Å². The monoisotopic (exact) mass is 300 g/mol. The highest BCUT2D eigenvalue weighted by atomic mass is 79.9. The van der Waals surface area contributed by atoms with Gasteiger partial charge in [-0.15, -0.1) is 11.6 Å². The molecule has 1 aromatic heterocycles. The van der Waals surface area contributed by atoms with Crippen molar-refractivity contribution in [1.29, 1.82) is 0 Å². The summed E-state index contributed by atoms with van der Waals surface area (Å²) in [4.78, 5) is 4.25. The van der Waals surface area contributed by atoms with Gasteiger partial charge >= 0.3 is 0 Å². The largest absolute Gasteiger partial charge is 0.334 e. The lowest BCUT2D eigenvalue weighted by Gasteiger charge is -2.01. The van der Waals surface area contributed by atoms with Crippen LogP contribution in [0.2, 0.25) is 0 Å². The minimum absolute atomic E-state index is 0.245. The van der Waals surface area contributed by atoms with E-state index in [-0.39, 0.29) is 5.38 Å². The lowest BCUT2D eigenvalue weighted by Crippen LogP contribution is -1.88. The molecule has 5 heteroatoms. The quantitative estimate of drug-likeness (QED) is 0.784. The van der Waals surface area contributed by atoms with Crippen molar-refractivity contribution in [3.8, 4) is 11.5 Å². The van der Waals surface area contributed by atoms with Crippen molar-refractivity contribution < 1.29 is 4.52 Å². The summed E-state index contributed by atoms with van der Waals surface area (Å²) in [5, 5.41) is 3.58. The average Bonchev–Trinajstić information content (AvgIpc) is 2.71. The minimum atomic E-state index is -0.245. The van der Waals surface area contributed by atoms with Crippen LogP contribution >= 0.6 is 27.5 Å². The summed E-state index contributed by atoms with van der Waals surface area (Å²) >= 11 is 9.34. The highest BCUT2D eigenvalue weighted by Crippen LogP contribution is 2.28. The summed E-state index contributed by atoms with van der Waals surface area (Å²) in [7, 11) is 0. The lowest BCUT2D eigenvalue weighted by molar-refractivity contribution is 0.422. The molecular formula is C11H10BrClN2O. The van der Waals surface area contributed by atoms with E-state index in [4.69, 9.17) is 16.1 Å². The Morgan fingerprint density at radius 1 is 1.44 bits per heavy atom. The van der Waals surface area contributed by atoms with Crippen molar-refractivity contribution in [2.24, 2.45) is 0 Å². The predicted octanol–water partition coefficient (Wildman–Crippen LogP) is 4.11. The number of rotatable bonds is 2. The van der Waals surface area contributed by atoms with E-state index in [0.29, 0.717) is 11.7 Å². The molecule has 0 spiro atoms. The van der Waals surface area contributed by atoms with Crippen LogP contribution in [0.15, 0.2) is 27.2 Å². The summed E-state index contributed by atoms with van der Waals surface area (Å²) in [5.41, 5.74) is 1.99. The number of hydrogen-bond acceptors (Lipinski definition) is 3. The molecule has 0 amide bonds. The Labute approximate surface area is 107 Å².